The van der Waals surface area contributed by atoms with Crippen LogP contribution in [0.2, 0.25) is 0 Å². The van der Waals surface area contributed by atoms with E-state index in [9.17, 15) is 0 Å². The fourth-order valence-corrected chi connectivity index (χ4v) is 1.36. The number of rotatable bonds is 0. The smallest absolute Gasteiger partial charge is 0.207 e. The molecule has 0 aliphatic carbocycles. The Morgan fingerprint density at radius 1 is 1.54 bits per heavy atom. The zero-order chi connectivity index (χ0) is 9.42. The van der Waals surface area contributed by atoms with E-state index < -0.39 is 0 Å². The standard InChI is InChI=1S/C9H8N4/c1-6-9-8(13(3)12-6)4-7(10-2)5-11-9/h4-5H,1,3H3. The van der Waals surface area contributed by atoms with Crippen molar-refractivity contribution in [3.05, 3.63) is 29.4 Å². The van der Waals surface area contributed by atoms with E-state index >= 15 is 0 Å². The second-order valence-corrected chi connectivity index (χ2v) is 2.88. The Morgan fingerprint density at radius 2 is 2.31 bits per heavy atom. The first-order valence-corrected chi connectivity index (χ1v) is 3.89. The van der Waals surface area contributed by atoms with Crippen LogP contribution in [0, 0.1) is 13.5 Å². The van der Waals surface area contributed by atoms with Crippen LogP contribution in [0.5, 0.6) is 0 Å². The molecule has 0 atom stereocenters. The minimum Gasteiger partial charge on any atom is -0.267 e. The highest BCUT2D eigenvalue weighted by atomic mass is 15.3. The predicted octanol–water partition coefficient (Wildman–Crippen LogP) is 1.83. The first-order chi connectivity index (χ1) is 6.22. The molecule has 0 bridgehead atoms. The van der Waals surface area contributed by atoms with Crippen molar-refractivity contribution in [2.24, 2.45) is 7.05 Å². The van der Waals surface area contributed by atoms with Gasteiger partial charge in [0.05, 0.1) is 17.8 Å². The molecule has 0 saturated carbocycles. The van der Waals surface area contributed by atoms with E-state index in [0.717, 1.165) is 16.7 Å². The van der Waals surface area contributed by atoms with Crippen LogP contribution in [-0.2, 0) is 7.05 Å². The summed E-state index contributed by atoms with van der Waals surface area (Å²) in [5.41, 5.74) is 3.23. The molecule has 2 aromatic heterocycles. The SMILES string of the molecule is [C-]#[N+]c1cnc2c(C)nn(C)c2c1. The molecule has 2 aromatic rings. The lowest BCUT2D eigenvalue weighted by Crippen LogP contribution is -1.88. The molecular formula is C9H8N4. The Balaban J connectivity index is 2.86. The average Bonchev–Trinajstić information content (AvgIpc) is 2.42. The van der Waals surface area contributed by atoms with Gasteiger partial charge in [-0.2, -0.15) is 5.10 Å². The molecular weight excluding hydrogens is 164 g/mol. The summed E-state index contributed by atoms with van der Waals surface area (Å²) in [5, 5.41) is 4.22. The molecule has 0 fully saturated rings. The summed E-state index contributed by atoms with van der Waals surface area (Å²) < 4.78 is 1.74. The zero-order valence-corrected chi connectivity index (χ0v) is 7.44. The number of nitrogens with zero attached hydrogens (tertiary/aromatic N) is 4. The highest BCUT2D eigenvalue weighted by Gasteiger charge is 2.05. The minimum atomic E-state index is 0.551. The number of hydrogen-bond acceptors (Lipinski definition) is 2. The van der Waals surface area contributed by atoms with E-state index in [1.807, 2.05) is 14.0 Å². The summed E-state index contributed by atoms with van der Waals surface area (Å²) in [6.07, 6.45) is 1.57. The minimum absolute atomic E-state index is 0.551. The largest absolute Gasteiger partial charge is 0.267 e. The Labute approximate surface area is 75.6 Å². The van der Waals surface area contributed by atoms with Crippen LogP contribution < -0.4 is 0 Å². The normalized spacial score (nSPS) is 10.2. The molecule has 2 heterocycles. The van der Waals surface area contributed by atoms with Crippen LogP contribution in [0.25, 0.3) is 15.9 Å². The fraction of sp³-hybridized carbons (Fsp3) is 0.222. The number of hydrogen-bond donors (Lipinski definition) is 0. The molecule has 0 aromatic carbocycles. The molecule has 2 rings (SSSR count). The van der Waals surface area contributed by atoms with Gasteiger partial charge in [0, 0.05) is 13.2 Å². The molecule has 0 amide bonds. The molecule has 0 aliphatic rings. The maximum absolute atomic E-state index is 6.85. The van der Waals surface area contributed by atoms with Crippen molar-refractivity contribution in [2.45, 2.75) is 6.92 Å². The van der Waals surface area contributed by atoms with Gasteiger partial charge in [-0.25, -0.2) is 4.85 Å². The predicted molar refractivity (Wildman–Crippen MR) is 49.5 cm³/mol. The molecule has 4 nitrogen and oxygen atoms in total. The average molecular weight is 172 g/mol. The summed E-state index contributed by atoms with van der Waals surface area (Å²) in [6, 6.07) is 1.80. The van der Waals surface area contributed by atoms with Gasteiger partial charge in [-0.15, -0.1) is 0 Å². The van der Waals surface area contributed by atoms with Gasteiger partial charge in [0.15, 0.2) is 0 Å². The second-order valence-electron chi connectivity index (χ2n) is 2.88. The van der Waals surface area contributed by atoms with Gasteiger partial charge in [-0.1, -0.05) is 0 Å². The molecule has 4 heteroatoms. The number of aryl methyl sites for hydroxylation is 2. The highest BCUT2D eigenvalue weighted by Crippen LogP contribution is 2.19. The molecule has 0 aliphatic heterocycles. The van der Waals surface area contributed by atoms with Gasteiger partial charge in [-0.05, 0) is 13.0 Å². The van der Waals surface area contributed by atoms with Crippen LogP contribution in [0.3, 0.4) is 0 Å². The Hall–Kier alpha value is -1.89. The topological polar surface area (TPSA) is 35.1 Å². The van der Waals surface area contributed by atoms with Crippen molar-refractivity contribution in [1.29, 1.82) is 0 Å². The van der Waals surface area contributed by atoms with Gasteiger partial charge in [-0.3, -0.25) is 9.67 Å². The lowest BCUT2D eigenvalue weighted by atomic mass is 10.3. The van der Waals surface area contributed by atoms with Crippen molar-refractivity contribution >= 4 is 16.7 Å². The van der Waals surface area contributed by atoms with Crippen LogP contribution >= 0.6 is 0 Å². The van der Waals surface area contributed by atoms with Crippen molar-refractivity contribution < 1.29 is 0 Å². The van der Waals surface area contributed by atoms with Gasteiger partial charge < -0.3 is 0 Å². The summed E-state index contributed by atoms with van der Waals surface area (Å²) >= 11 is 0. The Kier molecular flexibility index (Phi) is 1.52. The highest BCUT2D eigenvalue weighted by molar-refractivity contribution is 5.80. The third-order valence-electron chi connectivity index (χ3n) is 1.97. The maximum atomic E-state index is 6.85. The summed E-state index contributed by atoms with van der Waals surface area (Å²) in [4.78, 5) is 7.49. The third-order valence-corrected chi connectivity index (χ3v) is 1.97. The van der Waals surface area contributed by atoms with Gasteiger partial charge >= 0.3 is 0 Å². The molecule has 0 spiro atoms. The third kappa shape index (κ3) is 1.05. The molecule has 0 saturated heterocycles. The number of fused-ring (bicyclic) bond motifs is 1. The lowest BCUT2D eigenvalue weighted by Gasteiger charge is -1.92. The zero-order valence-electron chi connectivity index (χ0n) is 7.44. The van der Waals surface area contributed by atoms with Crippen LogP contribution in [0.15, 0.2) is 12.3 Å². The molecule has 0 radical (unpaired) electrons. The van der Waals surface area contributed by atoms with E-state index in [1.165, 1.54) is 0 Å². The Morgan fingerprint density at radius 3 is 3.00 bits per heavy atom. The monoisotopic (exact) mass is 172 g/mol. The van der Waals surface area contributed by atoms with E-state index in [4.69, 9.17) is 6.57 Å². The molecule has 0 unspecified atom stereocenters. The van der Waals surface area contributed by atoms with Crippen LogP contribution in [-0.4, -0.2) is 14.8 Å². The summed E-state index contributed by atoms with van der Waals surface area (Å²) in [7, 11) is 1.85. The first-order valence-electron chi connectivity index (χ1n) is 3.89. The van der Waals surface area contributed by atoms with E-state index in [2.05, 4.69) is 14.9 Å². The van der Waals surface area contributed by atoms with E-state index in [1.54, 1.807) is 16.9 Å². The van der Waals surface area contributed by atoms with Gasteiger partial charge in [0.2, 0.25) is 5.69 Å². The van der Waals surface area contributed by atoms with Crippen molar-refractivity contribution in [3.63, 3.8) is 0 Å². The molecule has 0 N–H and O–H groups in total. The second kappa shape index (κ2) is 2.56. The van der Waals surface area contributed by atoms with Gasteiger partial charge in [0.25, 0.3) is 0 Å². The van der Waals surface area contributed by atoms with E-state index in [-0.39, 0.29) is 0 Å². The first kappa shape index (κ1) is 7.74. The van der Waals surface area contributed by atoms with Gasteiger partial charge in [0.1, 0.15) is 5.52 Å². The number of pyridine rings is 1. The lowest BCUT2D eigenvalue weighted by molar-refractivity contribution is 0.783. The number of aromatic nitrogens is 3. The Bertz CT molecular complexity index is 504. The van der Waals surface area contributed by atoms with Crippen molar-refractivity contribution in [2.75, 3.05) is 0 Å². The molecule has 13 heavy (non-hydrogen) atoms. The fourth-order valence-electron chi connectivity index (χ4n) is 1.36. The quantitative estimate of drug-likeness (QED) is 0.568. The summed E-state index contributed by atoms with van der Waals surface area (Å²) in [6.45, 7) is 8.76. The van der Waals surface area contributed by atoms with Crippen molar-refractivity contribution in [1.82, 2.24) is 14.8 Å². The van der Waals surface area contributed by atoms with E-state index in [0.29, 0.717) is 5.69 Å². The maximum Gasteiger partial charge on any atom is 0.207 e. The molecule has 64 valence electrons. The van der Waals surface area contributed by atoms with Crippen molar-refractivity contribution in [3.8, 4) is 0 Å². The summed E-state index contributed by atoms with van der Waals surface area (Å²) in [5.74, 6) is 0. The van der Waals surface area contributed by atoms with Crippen LogP contribution in [0.1, 0.15) is 5.69 Å². The van der Waals surface area contributed by atoms with Crippen LogP contribution in [0.4, 0.5) is 5.69 Å².